The van der Waals surface area contributed by atoms with Gasteiger partial charge < -0.3 is 0 Å². The van der Waals surface area contributed by atoms with E-state index in [2.05, 4.69) is 78.5 Å². The van der Waals surface area contributed by atoms with Gasteiger partial charge in [-0.2, -0.15) is 0 Å². The van der Waals surface area contributed by atoms with Crippen LogP contribution in [0.4, 0.5) is 0 Å². The van der Waals surface area contributed by atoms with Crippen molar-refractivity contribution in [3.63, 3.8) is 0 Å². The van der Waals surface area contributed by atoms with Gasteiger partial charge in [0, 0.05) is 17.5 Å². The fourth-order valence-corrected chi connectivity index (χ4v) is 4.67. The zero-order valence-corrected chi connectivity index (χ0v) is 13.4. The molecule has 3 aliphatic rings. The molecule has 1 heterocycles. The average Bonchev–Trinajstić information content (AvgIpc) is 2.56. The van der Waals surface area contributed by atoms with E-state index in [-0.39, 0.29) is 0 Å². The quantitative estimate of drug-likeness (QED) is 0.554. The number of nitrogens with zero attached hydrogens (tertiary/aromatic N) is 1. The van der Waals surface area contributed by atoms with E-state index in [9.17, 15) is 0 Å². The summed E-state index contributed by atoms with van der Waals surface area (Å²) < 4.78 is 2.34. The summed E-state index contributed by atoms with van der Waals surface area (Å²) in [5.41, 5.74) is 9.13. The van der Waals surface area contributed by atoms with Crippen molar-refractivity contribution in [3.8, 4) is 0 Å². The molecule has 0 unspecified atom stereocenters. The molecule has 2 atom stereocenters. The maximum absolute atomic E-state index is 2.34. The van der Waals surface area contributed by atoms with Gasteiger partial charge in [-0.3, -0.25) is 0 Å². The van der Waals surface area contributed by atoms with Gasteiger partial charge in [-0.25, -0.2) is 4.57 Å². The van der Waals surface area contributed by atoms with Crippen LogP contribution in [0.5, 0.6) is 0 Å². The minimum absolute atomic E-state index is 0.463. The van der Waals surface area contributed by atoms with E-state index < -0.39 is 0 Å². The lowest BCUT2D eigenvalue weighted by Gasteiger charge is -2.35. The first kappa shape index (κ1) is 13.1. The number of hydrogen-bond donors (Lipinski definition) is 0. The molecule has 1 aromatic heterocycles. The molecule has 0 saturated carbocycles. The lowest BCUT2D eigenvalue weighted by Crippen LogP contribution is -2.40. The molecule has 2 bridgehead atoms. The molecule has 23 heavy (non-hydrogen) atoms. The zero-order valence-electron chi connectivity index (χ0n) is 13.4. The second kappa shape index (κ2) is 4.79. The van der Waals surface area contributed by atoms with Crippen LogP contribution in [-0.4, -0.2) is 0 Å². The van der Waals surface area contributed by atoms with Gasteiger partial charge in [0.1, 0.15) is 7.05 Å². The molecule has 112 valence electrons. The highest BCUT2D eigenvalue weighted by atomic mass is 14.9. The molecule has 2 aromatic carbocycles. The summed E-state index contributed by atoms with van der Waals surface area (Å²) in [4.78, 5) is 0. The van der Waals surface area contributed by atoms with E-state index in [1.54, 1.807) is 0 Å². The van der Waals surface area contributed by atoms with Crippen LogP contribution in [0.25, 0.3) is 0 Å². The number of hydrogen-bond acceptors (Lipinski definition) is 0. The van der Waals surface area contributed by atoms with Crippen molar-refractivity contribution in [3.05, 3.63) is 100 Å². The molecule has 0 aliphatic heterocycles. The summed E-state index contributed by atoms with van der Waals surface area (Å²) in [5, 5.41) is 0. The van der Waals surface area contributed by atoms with Gasteiger partial charge in [-0.15, -0.1) is 0 Å². The van der Waals surface area contributed by atoms with Crippen molar-refractivity contribution in [1.82, 2.24) is 0 Å². The highest BCUT2D eigenvalue weighted by Crippen LogP contribution is 2.46. The number of aromatic nitrogens is 1. The Morgan fingerprint density at radius 3 is 2.00 bits per heavy atom. The molecule has 0 fully saturated rings. The van der Waals surface area contributed by atoms with Gasteiger partial charge in [0.15, 0.2) is 11.9 Å². The van der Waals surface area contributed by atoms with Crippen LogP contribution in [0.3, 0.4) is 0 Å². The third kappa shape index (κ3) is 1.83. The third-order valence-electron chi connectivity index (χ3n) is 5.68. The summed E-state index contributed by atoms with van der Waals surface area (Å²) in [6.45, 7) is 0. The molecule has 0 saturated heterocycles. The fraction of sp³-hybridized carbons (Fsp3) is 0.227. The van der Waals surface area contributed by atoms with Crippen molar-refractivity contribution in [2.24, 2.45) is 7.05 Å². The second-order valence-electron chi connectivity index (χ2n) is 6.87. The maximum atomic E-state index is 2.34. The van der Waals surface area contributed by atoms with Crippen LogP contribution < -0.4 is 4.57 Å². The molecular formula is C22H20N+. The monoisotopic (exact) mass is 298 g/mol. The predicted octanol–water partition coefficient (Wildman–Crippen LogP) is 3.89. The molecule has 0 N–H and O–H groups in total. The minimum atomic E-state index is 0.463. The molecule has 0 radical (unpaired) electrons. The Labute approximate surface area is 137 Å². The minimum Gasteiger partial charge on any atom is -0.204 e. The van der Waals surface area contributed by atoms with E-state index in [1.165, 1.54) is 33.5 Å². The number of aryl methyl sites for hydroxylation is 1. The standard InChI is InChI=1S/C22H20N/c1-23-12-6-11-19-20-13-15-7-2-3-8-16(15)14-21(22(19)23)18-10-5-4-9-17(18)20/h2-12,20-21H,13-14H2,1H3/q+1/t20-,21+/m1/s1. The zero-order chi connectivity index (χ0) is 15.4. The molecule has 6 rings (SSSR count). The molecule has 1 nitrogen and oxygen atoms in total. The van der Waals surface area contributed by atoms with Gasteiger partial charge in [0.2, 0.25) is 0 Å². The third-order valence-corrected chi connectivity index (χ3v) is 5.68. The average molecular weight is 298 g/mol. The van der Waals surface area contributed by atoms with E-state index in [4.69, 9.17) is 0 Å². The van der Waals surface area contributed by atoms with Crippen molar-refractivity contribution in [2.45, 2.75) is 24.7 Å². The van der Waals surface area contributed by atoms with Crippen LogP contribution in [0, 0.1) is 0 Å². The smallest absolute Gasteiger partial charge is 0.192 e. The fourth-order valence-electron chi connectivity index (χ4n) is 4.67. The molecule has 3 aliphatic carbocycles. The van der Waals surface area contributed by atoms with E-state index in [0.717, 1.165) is 12.8 Å². The molecule has 0 spiro atoms. The largest absolute Gasteiger partial charge is 0.204 e. The van der Waals surface area contributed by atoms with Crippen LogP contribution >= 0.6 is 0 Å². The number of rotatable bonds is 0. The first-order chi connectivity index (χ1) is 11.3. The van der Waals surface area contributed by atoms with Gasteiger partial charge in [-0.1, -0.05) is 48.5 Å². The van der Waals surface area contributed by atoms with E-state index in [1.807, 2.05) is 0 Å². The summed E-state index contributed by atoms with van der Waals surface area (Å²) in [5.74, 6) is 0.941. The van der Waals surface area contributed by atoms with Gasteiger partial charge >= 0.3 is 0 Å². The summed E-state index contributed by atoms with van der Waals surface area (Å²) >= 11 is 0. The van der Waals surface area contributed by atoms with Crippen LogP contribution in [0.15, 0.2) is 66.9 Å². The highest BCUT2D eigenvalue weighted by Gasteiger charge is 2.39. The van der Waals surface area contributed by atoms with E-state index >= 15 is 0 Å². The lowest BCUT2D eigenvalue weighted by atomic mass is 9.68. The van der Waals surface area contributed by atoms with Crippen LogP contribution in [-0.2, 0) is 19.9 Å². The SMILES string of the molecule is C[n+]1cccc2c1[C@H]1Cc3ccccc3C[C@@H]2c2ccccc21. The molecule has 3 aromatic rings. The Balaban J connectivity index is 1.83. The van der Waals surface area contributed by atoms with Crippen molar-refractivity contribution < 1.29 is 4.57 Å². The highest BCUT2D eigenvalue weighted by molar-refractivity contribution is 5.53. The second-order valence-corrected chi connectivity index (χ2v) is 6.87. The van der Waals surface area contributed by atoms with Gasteiger partial charge in [-0.05, 0) is 41.2 Å². The summed E-state index contributed by atoms with van der Waals surface area (Å²) in [6.07, 6.45) is 4.41. The normalized spacial score (nSPS) is 20.9. The van der Waals surface area contributed by atoms with Crippen molar-refractivity contribution in [2.75, 3.05) is 0 Å². The Morgan fingerprint density at radius 1 is 0.696 bits per heavy atom. The van der Waals surface area contributed by atoms with E-state index in [0.29, 0.717) is 11.8 Å². The maximum Gasteiger partial charge on any atom is 0.192 e. The molecule has 0 amide bonds. The Hall–Kier alpha value is -2.41. The predicted molar refractivity (Wildman–Crippen MR) is 91.6 cm³/mol. The van der Waals surface area contributed by atoms with Crippen molar-refractivity contribution >= 4 is 0 Å². The van der Waals surface area contributed by atoms with Crippen LogP contribution in [0.2, 0.25) is 0 Å². The summed E-state index contributed by atoms with van der Waals surface area (Å²) in [6, 6.07) is 22.6. The van der Waals surface area contributed by atoms with Gasteiger partial charge in [0.25, 0.3) is 0 Å². The number of benzene rings is 2. The Bertz CT molecular complexity index is 909. The Kier molecular flexibility index (Phi) is 2.72. The summed E-state index contributed by atoms with van der Waals surface area (Å²) in [7, 11) is 2.20. The molecular weight excluding hydrogens is 278 g/mol. The topological polar surface area (TPSA) is 3.88 Å². The van der Waals surface area contributed by atoms with Crippen molar-refractivity contribution in [1.29, 1.82) is 0 Å². The lowest BCUT2D eigenvalue weighted by molar-refractivity contribution is -0.680. The first-order valence-electron chi connectivity index (χ1n) is 8.47. The van der Waals surface area contributed by atoms with Gasteiger partial charge in [0.05, 0.1) is 5.92 Å². The number of pyridine rings is 1. The Morgan fingerprint density at radius 2 is 1.26 bits per heavy atom. The molecule has 1 heteroatoms. The van der Waals surface area contributed by atoms with Crippen LogP contribution in [0.1, 0.15) is 45.3 Å². The first-order valence-corrected chi connectivity index (χ1v) is 8.47.